The first-order chi connectivity index (χ1) is 12.5. The molecule has 0 aliphatic carbocycles. The van der Waals surface area contributed by atoms with Crippen LogP contribution in [0.2, 0.25) is 0 Å². The summed E-state index contributed by atoms with van der Waals surface area (Å²) >= 11 is 0. The second kappa shape index (κ2) is 8.17. The van der Waals surface area contributed by atoms with Gasteiger partial charge in [-0.15, -0.1) is 0 Å². The number of hydrogen-bond acceptors (Lipinski definition) is 3. The lowest BCUT2D eigenvalue weighted by molar-refractivity contribution is -0.0499. The highest BCUT2D eigenvalue weighted by molar-refractivity contribution is 5.94. The molecule has 0 saturated carbocycles. The molecule has 1 amide bonds. The van der Waals surface area contributed by atoms with Crippen LogP contribution in [0.15, 0.2) is 54.6 Å². The van der Waals surface area contributed by atoms with Gasteiger partial charge in [-0.3, -0.25) is 4.79 Å². The van der Waals surface area contributed by atoms with Crippen LogP contribution in [0, 0.1) is 5.92 Å². The van der Waals surface area contributed by atoms with E-state index in [1.807, 2.05) is 18.2 Å². The zero-order valence-corrected chi connectivity index (χ0v) is 14.6. The van der Waals surface area contributed by atoms with Crippen molar-refractivity contribution >= 4 is 11.6 Å². The predicted octanol–water partition coefficient (Wildman–Crippen LogP) is 3.89. The summed E-state index contributed by atoms with van der Waals surface area (Å²) in [4.78, 5) is 16.6. The maximum Gasteiger partial charge on any atom is 0.387 e. The molecule has 0 bridgehead atoms. The van der Waals surface area contributed by atoms with Crippen molar-refractivity contribution in [1.82, 2.24) is 4.90 Å². The quantitative estimate of drug-likeness (QED) is 0.784. The fraction of sp³-hybridized carbons (Fsp3) is 0.350. The van der Waals surface area contributed by atoms with Crippen molar-refractivity contribution in [3.05, 3.63) is 60.2 Å². The molecule has 1 aliphatic rings. The molecule has 1 saturated heterocycles. The molecule has 0 N–H and O–H groups in total. The van der Waals surface area contributed by atoms with Crippen LogP contribution in [-0.2, 0) is 0 Å². The number of anilines is 1. The molecule has 1 unspecified atom stereocenters. The molecule has 3 rings (SSSR count). The summed E-state index contributed by atoms with van der Waals surface area (Å²) in [5.74, 6) is 0.183. The summed E-state index contributed by atoms with van der Waals surface area (Å²) in [7, 11) is 1.74. The van der Waals surface area contributed by atoms with Crippen molar-refractivity contribution in [2.45, 2.75) is 13.0 Å². The van der Waals surface area contributed by atoms with E-state index in [9.17, 15) is 13.6 Å². The number of ether oxygens (including phenoxy) is 1. The Hall–Kier alpha value is -2.63. The van der Waals surface area contributed by atoms with E-state index in [2.05, 4.69) is 21.8 Å². The lowest BCUT2D eigenvalue weighted by Crippen LogP contribution is -2.33. The van der Waals surface area contributed by atoms with Gasteiger partial charge >= 0.3 is 6.61 Å². The van der Waals surface area contributed by atoms with Gasteiger partial charge in [0.15, 0.2) is 0 Å². The van der Waals surface area contributed by atoms with Gasteiger partial charge in [-0.1, -0.05) is 24.3 Å². The molecule has 4 nitrogen and oxygen atoms in total. The summed E-state index contributed by atoms with van der Waals surface area (Å²) in [6.07, 6.45) is 1.01. The van der Waals surface area contributed by atoms with Gasteiger partial charge in [0.25, 0.3) is 5.91 Å². The molecule has 0 aromatic heterocycles. The van der Waals surface area contributed by atoms with Crippen molar-refractivity contribution in [2.75, 3.05) is 31.6 Å². The first kappa shape index (κ1) is 18.2. The molecular weight excluding hydrogens is 338 g/mol. The molecule has 26 heavy (non-hydrogen) atoms. The van der Waals surface area contributed by atoms with Crippen molar-refractivity contribution in [2.24, 2.45) is 5.92 Å². The SMILES string of the molecule is CN(CC1CCN(c2ccccc2)C1)C(=O)c1cccc(OC(F)F)c1. The van der Waals surface area contributed by atoms with Crippen molar-refractivity contribution in [3.63, 3.8) is 0 Å². The maximum atomic E-state index is 12.6. The van der Waals surface area contributed by atoms with Crippen molar-refractivity contribution < 1.29 is 18.3 Å². The Morgan fingerprint density at radius 1 is 1.23 bits per heavy atom. The third-order valence-corrected chi connectivity index (χ3v) is 4.59. The van der Waals surface area contributed by atoms with E-state index in [1.165, 1.54) is 17.8 Å². The predicted molar refractivity (Wildman–Crippen MR) is 96.8 cm³/mol. The summed E-state index contributed by atoms with van der Waals surface area (Å²) < 4.78 is 29.0. The standard InChI is InChI=1S/C20H22F2N2O2/c1-23(19(25)16-6-5-9-18(12-16)26-20(21)22)13-15-10-11-24(14-15)17-7-3-2-4-8-17/h2-9,12,15,20H,10-11,13-14H2,1H3. The Balaban J connectivity index is 1.58. The third kappa shape index (κ3) is 4.50. The molecule has 1 aliphatic heterocycles. The average Bonchev–Trinajstić information content (AvgIpc) is 3.10. The molecule has 0 spiro atoms. The Kier molecular flexibility index (Phi) is 5.71. The fourth-order valence-electron chi connectivity index (χ4n) is 3.35. The second-order valence-corrected chi connectivity index (χ2v) is 6.53. The first-order valence-corrected chi connectivity index (χ1v) is 8.63. The molecular formula is C20H22F2N2O2. The van der Waals surface area contributed by atoms with Crippen LogP contribution in [0.5, 0.6) is 5.75 Å². The van der Waals surface area contributed by atoms with Gasteiger partial charge in [0.05, 0.1) is 0 Å². The molecule has 0 radical (unpaired) electrons. The van der Waals surface area contributed by atoms with E-state index in [-0.39, 0.29) is 11.7 Å². The molecule has 2 aromatic carbocycles. The lowest BCUT2D eigenvalue weighted by atomic mass is 10.1. The number of nitrogens with zero attached hydrogens (tertiary/aromatic N) is 2. The fourth-order valence-corrected chi connectivity index (χ4v) is 3.35. The Morgan fingerprint density at radius 2 is 2.00 bits per heavy atom. The lowest BCUT2D eigenvalue weighted by Gasteiger charge is -2.23. The number of benzene rings is 2. The van der Waals surface area contributed by atoms with Crippen LogP contribution in [0.4, 0.5) is 14.5 Å². The Labute approximate surface area is 152 Å². The molecule has 1 fully saturated rings. The first-order valence-electron chi connectivity index (χ1n) is 8.63. The summed E-state index contributed by atoms with van der Waals surface area (Å²) in [5.41, 5.74) is 1.55. The zero-order valence-electron chi connectivity index (χ0n) is 14.6. The third-order valence-electron chi connectivity index (χ3n) is 4.59. The van der Waals surface area contributed by atoms with Crippen molar-refractivity contribution in [3.8, 4) is 5.75 Å². The Morgan fingerprint density at radius 3 is 2.73 bits per heavy atom. The van der Waals surface area contributed by atoms with Gasteiger partial charge in [-0.2, -0.15) is 8.78 Å². The largest absolute Gasteiger partial charge is 0.435 e. The van der Waals surface area contributed by atoms with E-state index in [0.717, 1.165) is 19.5 Å². The molecule has 1 heterocycles. The number of amides is 1. The van der Waals surface area contributed by atoms with Gasteiger partial charge in [0.1, 0.15) is 5.75 Å². The van der Waals surface area contributed by atoms with E-state index >= 15 is 0 Å². The number of halogens is 2. The zero-order chi connectivity index (χ0) is 18.5. The van der Waals surface area contributed by atoms with Gasteiger partial charge in [0, 0.05) is 37.9 Å². The smallest absolute Gasteiger partial charge is 0.387 e. The minimum absolute atomic E-state index is 0.00429. The molecule has 1 atom stereocenters. The summed E-state index contributed by atoms with van der Waals surface area (Å²) in [6, 6.07) is 16.1. The van der Waals surface area contributed by atoms with Crippen LogP contribution < -0.4 is 9.64 Å². The molecule has 138 valence electrons. The minimum Gasteiger partial charge on any atom is -0.435 e. The van der Waals surface area contributed by atoms with Crippen molar-refractivity contribution in [1.29, 1.82) is 0 Å². The number of carbonyl (C=O) groups excluding carboxylic acids is 1. The van der Waals surface area contributed by atoms with Gasteiger partial charge in [-0.05, 0) is 42.7 Å². The van der Waals surface area contributed by atoms with E-state index in [1.54, 1.807) is 24.1 Å². The highest BCUT2D eigenvalue weighted by atomic mass is 19.3. The monoisotopic (exact) mass is 360 g/mol. The van der Waals surface area contributed by atoms with Crippen LogP contribution in [0.3, 0.4) is 0 Å². The number of para-hydroxylation sites is 1. The average molecular weight is 360 g/mol. The number of rotatable bonds is 6. The number of hydrogen-bond donors (Lipinski definition) is 0. The molecule has 6 heteroatoms. The van der Waals surface area contributed by atoms with E-state index in [0.29, 0.717) is 18.0 Å². The number of carbonyl (C=O) groups is 1. The second-order valence-electron chi connectivity index (χ2n) is 6.53. The van der Waals surface area contributed by atoms with Crippen LogP contribution >= 0.6 is 0 Å². The summed E-state index contributed by atoms with van der Waals surface area (Å²) in [5, 5.41) is 0. The van der Waals surface area contributed by atoms with E-state index < -0.39 is 6.61 Å². The highest BCUT2D eigenvalue weighted by Gasteiger charge is 2.25. The topological polar surface area (TPSA) is 32.8 Å². The van der Waals surface area contributed by atoms with Gasteiger partial charge in [0.2, 0.25) is 0 Å². The normalized spacial score (nSPS) is 16.8. The minimum atomic E-state index is -2.90. The van der Waals surface area contributed by atoms with Gasteiger partial charge < -0.3 is 14.5 Å². The van der Waals surface area contributed by atoms with E-state index in [4.69, 9.17) is 0 Å². The summed E-state index contributed by atoms with van der Waals surface area (Å²) in [6.45, 7) is -0.410. The van der Waals surface area contributed by atoms with Crippen LogP contribution in [0.25, 0.3) is 0 Å². The molecule has 2 aromatic rings. The number of alkyl halides is 2. The maximum absolute atomic E-state index is 12.6. The Bertz CT molecular complexity index is 740. The van der Waals surface area contributed by atoms with Crippen LogP contribution in [-0.4, -0.2) is 44.1 Å². The highest BCUT2D eigenvalue weighted by Crippen LogP contribution is 2.24. The van der Waals surface area contributed by atoms with Gasteiger partial charge in [-0.25, -0.2) is 0 Å². The van der Waals surface area contributed by atoms with Crippen LogP contribution in [0.1, 0.15) is 16.8 Å².